The van der Waals surface area contributed by atoms with Crippen LogP contribution in [0.25, 0.3) is 0 Å². The summed E-state index contributed by atoms with van der Waals surface area (Å²) < 4.78 is 0. The topological polar surface area (TPSA) is 37.3 Å². The van der Waals surface area contributed by atoms with Crippen LogP contribution in [0.3, 0.4) is 0 Å². The number of hydrogen-bond acceptors (Lipinski definition) is 2. The molecule has 0 saturated heterocycles. The molecule has 3 heteroatoms. The van der Waals surface area contributed by atoms with Crippen LogP contribution in [0.2, 0.25) is 0 Å². The summed E-state index contributed by atoms with van der Waals surface area (Å²) in [6.07, 6.45) is 12.6. The molecule has 0 saturated carbocycles. The first-order valence-corrected chi connectivity index (χ1v) is 6.93. The average molecular weight is 251 g/mol. The van der Waals surface area contributed by atoms with E-state index >= 15 is 0 Å². The van der Waals surface area contributed by atoms with Crippen molar-refractivity contribution < 1.29 is 9.90 Å². The molecule has 0 aliphatic heterocycles. The van der Waals surface area contributed by atoms with Crippen LogP contribution >= 0.6 is 0 Å². The minimum absolute atomic E-state index is 0. The van der Waals surface area contributed by atoms with Crippen molar-refractivity contribution in [2.24, 2.45) is 0 Å². The predicted molar refractivity (Wildman–Crippen MR) is 74.3 cm³/mol. The maximum atomic E-state index is 11.1. The summed E-state index contributed by atoms with van der Waals surface area (Å²) in [5, 5.41) is 8.56. The molecule has 0 fully saturated rings. The van der Waals surface area contributed by atoms with Gasteiger partial charge in [0.1, 0.15) is 5.78 Å². The van der Waals surface area contributed by atoms with Crippen molar-refractivity contribution in [2.45, 2.75) is 77.6 Å². The van der Waals surface area contributed by atoms with Crippen molar-refractivity contribution in [1.82, 2.24) is 0 Å². The molecule has 0 spiro atoms. The third-order valence-electron chi connectivity index (χ3n) is 2.95. The molecule has 1 N–H and O–H groups in total. The second-order valence-corrected chi connectivity index (χ2v) is 4.59. The number of rotatable bonds is 12. The minimum Gasteiger partial charge on any atom is -0.396 e. The molecule has 0 rings (SSSR count). The fraction of sp³-hybridized carbons (Fsp3) is 0.929. The maximum absolute atomic E-state index is 11.1. The van der Waals surface area contributed by atoms with Crippen molar-refractivity contribution >= 4 is 35.3 Å². The van der Waals surface area contributed by atoms with Gasteiger partial charge >= 0.3 is 0 Å². The zero-order valence-corrected chi connectivity index (χ0v) is 13.8. The SMILES string of the molecule is CCCCCCCCCCCC(=O)CCO.[Na]. The summed E-state index contributed by atoms with van der Waals surface area (Å²) in [5.74, 6) is 0.213. The van der Waals surface area contributed by atoms with Gasteiger partial charge in [0.05, 0.1) is 0 Å². The Morgan fingerprint density at radius 3 is 1.76 bits per heavy atom. The van der Waals surface area contributed by atoms with E-state index in [2.05, 4.69) is 6.92 Å². The van der Waals surface area contributed by atoms with E-state index in [9.17, 15) is 4.79 Å². The van der Waals surface area contributed by atoms with E-state index in [1.807, 2.05) is 0 Å². The molecule has 1 radical (unpaired) electrons. The van der Waals surface area contributed by atoms with Gasteiger partial charge in [-0.25, -0.2) is 0 Å². The molecule has 0 heterocycles. The number of aliphatic hydroxyl groups is 1. The summed E-state index contributed by atoms with van der Waals surface area (Å²) in [6.45, 7) is 2.25. The van der Waals surface area contributed by atoms with Crippen LogP contribution in [0, 0.1) is 0 Å². The van der Waals surface area contributed by atoms with Crippen LogP contribution < -0.4 is 0 Å². The smallest absolute Gasteiger partial charge is 0.135 e. The van der Waals surface area contributed by atoms with Gasteiger partial charge in [-0.1, -0.05) is 58.3 Å². The Balaban J connectivity index is 0. The van der Waals surface area contributed by atoms with E-state index in [4.69, 9.17) is 5.11 Å². The molecular formula is C14H28NaO2. The van der Waals surface area contributed by atoms with Crippen LogP contribution in [-0.2, 0) is 4.79 Å². The van der Waals surface area contributed by atoms with E-state index in [0.29, 0.717) is 12.8 Å². The van der Waals surface area contributed by atoms with Crippen molar-refractivity contribution in [3.05, 3.63) is 0 Å². The van der Waals surface area contributed by atoms with Crippen LogP contribution in [0.4, 0.5) is 0 Å². The number of unbranched alkanes of at least 4 members (excludes halogenated alkanes) is 8. The predicted octanol–water partition coefficient (Wildman–Crippen LogP) is 3.48. The van der Waals surface area contributed by atoms with Gasteiger partial charge in [-0.05, 0) is 6.42 Å². The van der Waals surface area contributed by atoms with Gasteiger partial charge in [0.25, 0.3) is 0 Å². The number of carbonyl (C=O) groups excluding carboxylic acids is 1. The van der Waals surface area contributed by atoms with E-state index in [0.717, 1.165) is 6.42 Å². The van der Waals surface area contributed by atoms with Crippen molar-refractivity contribution in [2.75, 3.05) is 6.61 Å². The van der Waals surface area contributed by atoms with Crippen LogP contribution in [0.1, 0.15) is 77.6 Å². The first-order chi connectivity index (χ1) is 7.81. The number of hydrogen-bond donors (Lipinski definition) is 1. The Bertz CT molecular complexity index is 160. The fourth-order valence-electron chi connectivity index (χ4n) is 1.88. The quantitative estimate of drug-likeness (QED) is 0.426. The van der Waals surface area contributed by atoms with Gasteiger partial charge in [-0.3, -0.25) is 4.79 Å². The van der Waals surface area contributed by atoms with Crippen molar-refractivity contribution in [3.63, 3.8) is 0 Å². The number of Topliss-reactive ketones (excluding diaryl/α,β-unsaturated/α-hetero) is 1. The second kappa shape index (κ2) is 16.6. The van der Waals surface area contributed by atoms with Crippen molar-refractivity contribution in [3.8, 4) is 0 Å². The van der Waals surface area contributed by atoms with Gasteiger partial charge < -0.3 is 5.11 Å². The maximum Gasteiger partial charge on any atom is 0.135 e. The Labute approximate surface area is 129 Å². The minimum atomic E-state index is 0. The van der Waals surface area contributed by atoms with E-state index in [1.165, 1.54) is 51.4 Å². The monoisotopic (exact) mass is 251 g/mol. The summed E-state index contributed by atoms with van der Waals surface area (Å²) in [6, 6.07) is 0. The van der Waals surface area contributed by atoms with Gasteiger partial charge in [0.15, 0.2) is 0 Å². The molecule has 0 unspecified atom stereocenters. The molecule has 0 amide bonds. The summed E-state index contributed by atoms with van der Waals surface area (Å²) in [4.78, 5) is 11.1. The summed E-state index contributed by atoms with van der Waals surface area (Å²) in [7, 11) is 0. The molecule has 0 aromatic heterocycles. The largest absolute Gasteiger partial charge is 0.396 e. The number of ketones is 1. The average Bonchev–Trinajstić information content (AvgIpc) is 2.27. The van der Waals surface area contributed by atoms with E-state index < -0.39 is 0 Å². The van der Waals surface area contributed by atoms with Gasteiger partial charge in [-0.2, -0.15) is 0 Å². The third-order valence-corrected chi connectivity index (χ3v) is 2.95. The summed E-state index contributed by atoms with van der Waals surface area (Å²) in [5.41, 5.74) is 0. The van der Waals surface area contributed by atoms with Crippen LogP contribution in [-0.4, -0.2) is 47.1 Å². The molecule has 97 valence electrons. The number of carbonyl (C=O) groups is 1. The van der Waals surface area contributed by atoms with Crippen LogP contribution in [0.15, 0.2) is 0 Å². The van der Waals surface area contributed by atoms with Gasteiger partial charge in [0.2, 0.25) is 0 Å². The Kier molecular flexibility index (Phi) is 19.5. The molecule has 0 aromatic rings. The Morgan fingerprint density at radius 2 is 1.29 bits per heavy atom. The molecule has 0 atom stereocenters. The third kappa shape index (κ3) is 16.6. The molecule has 2 nitrogen and oxygen atoms in total. The first kappa shape index (κ1) is 20.0. The molecule has 0 aliphatic rings. The first-order valence-electron chi connectivity index (χ1n) is 6.93. The summed E-state index contributed by atoms with van der Waals surface area (Å²) >= 11 is 0. The van der Waals surface area contributed by atoms with Crippen molar-refractivity contribution in [1.29, 1.82) is 0 Å². The standard InChI is InChI=1S/C14H28O2.Na/c1-2-3-4-5-6-7-8-9-10-11-14(16)12-13-15;/h15H,2-13H2,1H3;. The van der Waals surface area contributed by atoms with Gasteiger partial charge in [0, 0.05) is 49.0 Å². The van der Waals surface area contributed by atoms with Crippen LogP contribution in [0.5, 0.6) is 0 Å². The molecular weight excluding hydrogens is 223 g/mol. The molecule has 0 aromatic carbocycles. The fourth-order valence-corrected chi connectivity index (χ4v) is 1.88. The Morgan fingerprint density at radius 1 is 0.824 bits per heavy atom. The normalized spacial score (nSPS) is 10.0. The zero-order chi connectivity index (χ0) is 12.1. The Hall–Kier alpha value is 0.630. The van der Waals surface area contributed by atoms with E-state index in [1.54, 1.807) is 0 Å². The molecule has 0 aliphatic carbocycles. The zero-order valence-electron chi connectivity index (χ0n) is 11.8. The molecule has 17 heavy (non-hydrogen) atoms. The van der Waals surface area contributed by atoms with E-state index in [-0.39, 0.29) is 41.9 Å². The molecule has 0 bridgehead atoms. The number of aliphatic hydroxyl groups excluding tert-OH is 1. The van der Waals surface area contributed by atoms with Gasteiger partial charge in [-0.15, -0.1) is 0 Å². The second-order valence-electron chi connectivity index (χ2n) is 4.59.